The van der Waals surface area contributed by atoms with Gasteiger partial charge in [-0.1, -0.05) is 93.0 Å². The molecule has 0 spiro atoms. The monoisotopic (exact) mass is 639 g/mol. The van der Waals surface area contributed by atoms with E-state index in [1.807, 2.05) is 63.2 Å². The average Bonchev–Trinajstić information content (AvgIpc) is 3.25. The van der Waals surface area contributed by atoms with Crippen molar-refractivity contribution in [2.75, 3.05) is 5.75 Å². The number of unbranched alkanes of at least 4 members (excludes halogenated alkanes) is 1. The van der Waals surface area contributed by atoms with E-state index in [1.165, 1.54) is 18.7 Å². The summed E-state index contributed by atoms with van der Waals surface area (Å²) in [5.74, 6) is 0.956. The predicted molar refractivity (Wildman–Crippen MR) is 180 cm³/mol. The van der Waals surface area contributed by atoms with Crippen molar-refractivity contribution in [3.63, 3.8) is 0 Å². The van der Waals surface area contributed by atoms with Gasteiger partial charge in [-0.05, 0) is 62.3 Å². The third kappa shape index (κ3) is 10.5. The van der Waals surface area contributed by atoms with Gasteiger partial charge in [-0.25, -0.2) is 9.78 Å². The van der Waals surface area contributed by atoms with Crippen LogP contribution in [0.2, 0.25) is 5.15 Å². The van der Waals surface area contributed by atoms with E-state index in [1.54, 1.807) is 6.07 Å². The highest BCUT2D eigenvalue weighted by atomic mass is 35.5. The molecule has 1 aromatic heterocycles. The van der Waals surface area contributed by atoms with Crippen molar-refractivity contribution in [2.24, 2.45) is 11.8 Å². The van der Waals surface area contributed by atoms with Gasteiger partial charge in [0, 0.05) is 31.6 Å². The van der Waals surface area contributed by atoms with Gasteiger partial charge in [0.15, 0.2) is 10.3 Å². The normalized spacial score (nSPS) is 12.3. The lowest BCUT2D eigenvalue weighted by Crippen LogP contribution is -2.33. The molecule has 0 unspecified atom stereocenters. The molecule has 0 bridgehead atoms. The molecular formula is C35H46ClN3O4S. The van der Waals surface area contributed by atoms with Gasteiger partial charge in [0.2, 0.25) is 5.91 Å². The lowest BCUT2D eigenvalue weighted by atomic mass is 9.98. The van der Waals surface area contributed by atoms with Gasteiger partial charge in [0.1, 0.15) is 11.4 Å². The third-order valence-electron chi connectivity index (χ3n) is 7.05. The first-order chi connectivity index (χ1) is 20.8. The largest absolute Gasteiger partial charge is 0.456 e. The van der Waals surface area contributed by atoms with Crippen molar-refractivity contribution < 1.29 is 19.1 Å². The second-order valence-electron chi connectivity index (χ2n) is 12.5. The SMILES string of the molecule is CCCCc1nc(Cl)c(CNC(=O)[C@@H](CSC(C)=O)CC(C)C)n1Cc1ccc(-c2ccccc2C(=O)OC(C)(C)C)cc1. The van der Waals surface area contributed by atoms with Crippen LogP contribution < -0.4 is 5.32 Å². The number of nitrogens with one attached hydrogen (secondary N) is 1. The number of aryl methyl sites for hydroxylation is 1. The fourth-order valence-corrected chi connectivity index (χ4v) is 5.95. The summed E-state index contributed by atoms with van der Waals surface area (Å²) in [5, 5.41) is 3.47. The number of nitrogens with zero attached hydrogens (tertiary/aromatic N) is 2. The Balaban J connectivity index is 1.85. The van der Waals surface area contributed by atoms with Gasteiger partial charge < -0.3 is 14.6 Å². The summed E-state index contributed by atoms with van der Waals surface area (Å²) in [6.45, 7) is 14.2. The standard InChI is InChI=1S/C35H46ClN3O4S/c1-8-9-14-31-38-32(36)30(20-37-33(41)27(19-23(2)3)22-44-24(4)40)39(31)21-25-15-17-26(18-16-25)28-12-10-11-13-29(28)34(42)43-35(5,6)7/h10-13,15-18,23,27H,8-9,14,19-22H2,1-7H3,(H,37,41)/t27-/m1/s1. The molecule has 0 aliphatic heterocycles. The zero-order valence-corrected chi connectivity index (χ0v) is 28.6. The van der Waals surface area contributed by atoms with Crippen molar-refractivity contribution in [1.82, 2.24) is 14.9 Å². The Bertz CT molecular complexity index is 1430. The molecule has 0 aliphatic rings. The van der Waals surface area contributed by atoms with E-state index in [0.717, 1.165) is 47.5 Å². The predicted octanol–water partition coefficient (Wildman–Crippen LogP) is 8.11. The second kappa shape index (κ2) is 16.3. The van der Waals surface area contributed by atoms with Crippen LogP contribution in [0.3, 0.4) is 0 Å². The Hall–Kier alpha value is -3.10. The number of ether oxygens (including phenoxy) is 1. The molecule has 0 saturated carbocycles. The van der Waals surface area contributed by atoms with Gasteiger partial charge in [-0.3, -0.25) is 9.59 Å². The summed E-state index contributed by atoms with van der Waals surface area (Å²) in [5.41, 5.74) is 3.46. The summed E-state index contributed by atoms with van der Waals surface area (Å²) in [7, 11) is 0. The molecule has 0 saturated heterocycles. The van der Waals surface area contributed by atoms with Crippen LogP contribution in [-0.4, -0.2) is 37.9 Å². The minimum Gasteiger partial charge on any atom is -0.456 e. The van der Waals surface area contributed by atoms with Gasteiger partial charge in [-0.2, -0.15) is 0 Å². The molecule has 0 fully saturated rings. The molecule has 1 N–H and O–H groups in total. The van der Waals surface area contributed by atoms with Crippen LogP contribution in [0.5, 0.6) is 0 Å². The molecule has 238 valence electrons. The van der Waals surface area contributed by atoms with Crippen LogP contribution in [0.1, 0.15) is 95.2 Å². The average molecular weight is 640 g/mol. The van der Waals surface area contributed by atoms with Gasteiger partial charge in [0.25, 0.3) is 0 Å². The fraction of sp³-hybridized carbons (Fsp3) is 0.486. The van der Waals surface area contributed by atoms with Crippen LogP contribution in [-0.2, 0) is 33.8 Å². The maximum absolute atomic E-state index is 13.2. The van der Waals surface area contributed by atoms with Crippen molar-refractivity contribution in [1.29, 1.82) is 0 Å². The number of thioether (sulfide) groups is 1. The number of rotatable bonds is 14. The first-order valence-electron chi connectivity index (χ1n) is 15.4. The number of benzene rings is 2. The van der Waals surface area contributed by atoms with E-state index in [4.69, 9.17) is 16.3 Å². The van der Waals surface area contributed by atoms with Gasteiger partial charge in [0.05, 0.1) is 17.8 Å². The molecule has 3 rings (SSSR count). The number of hydrogen-bond donors (Lipinski definition) is 1. The molecular weight excluding hydrogens is 594 g/mol. The minimum atomic E-state index is -0.588. The number of imidazole rings is 1. The van der Waals surface area contributed by atoms with E-state index in [-0.39, 0.29) is 29.5 Å². The van der Waals surface area contributed by atoms with Gasteiger partial charge >= 0.3 is 5.97 Å². The number of aromatic nitrogens is 2. The maximum Gasteiger partial charge on any atom is 0.339 e. The summed E-state index contributed by atoms with van der Waals surface area (Å²) in [6, 6.07) is 15.6. The molecule has 0 aliphatic carbocycles. The van der Waals surface area contributed by atoms with Gasteiger partial charge in [-0.15, -0.1) is 0 Å². The topological polar surface area (TPSA) is 90.3 Å². The Labute approximate surface area is 271 Å². The third-order valence-corrected chi connectivity index (χ3v) is 8.33. The summed E-state index contributed by atoms with van der Waals surface area (Å²) in [6.07, 6.45) is 3.46. The molecule has 0 radical (unpaired) electrons. The number of hydrogen-bond acceptors (Lipinski definition) is 6. The molecule has 44 heavy (non-hydrogen) atoms. The molecule has 1 atom stereocenters. The molecule has 1 amide bonds. The van der Waals surface area contributed by atoms with Crippen molar-refractivity contribution in [3.05, 3.63) is 76.3 Å². The van der Waals surface area contributed by atoms with Crippen molar-refractivity contribution in [3.8, 4) is 11.1 Å². The van der Waals surface area contributed by atoms with Crippen molar-refractivity contribution >= 4 is 40.4 Å². The smallest absolute Gasteiger partial charge is 0.339 e. The van der Waals surface area contributed by atoms with Crippen molar-refractivity contribution in [2.45, 2.75) is 92.8 Å². The summed E-state index contributed by atoms with van der Waals surface area (Å²) in [4.78, 5) is 42.4. The van der Waals surface area contributed by atoms with E-state index < -0.39 is 5.60 Å². The molecule has 7 nitrogen and oxygen atoms in total. The Morgan fingerprint density at radius 3 is 2.36 bits per heavy atom. The Kier molecular flexibility index (Phi) is 13.1. The lowest BCUT2D eigenvalue weighted by Gasteiger charge is -2.20. The van der Waals surface area contributed by atoms with Crippen LogP contribution >= 0.6 is 23.4 Å². The van der Waals surface area contributed by atoms with Crippen LogP contribution in [0.25, 0.3) is 11.1 Å². The maximum atomic E-state index is 13.2. The molecule has 1 heterocycles. The number of halogens is 1. The van der Waals surface area contributed by atoms with E-state index in [9.17, 15) is 14.4 Å². The zero-order chi connectivity index (χ0) is 32.4. The van der Waals surface area contributed by atoms with Crippen LogP contribution in [0.15, 0.2) is 48.5 Å². The highest BCUT2D eigenvalue weighted by molar-refractivity contribution is 8.13. The van der Waals surface area contributed by atoms with Crippen LogP contribution in [0.4, 0.5) is 0 Å². The Morgan fingerprint density at radius 1 is 1.07 bits per heavy atom. The zero-order valence-electron chi connectivity index (χ0n) is 27.0. The first-order valence-corrected chi connectivity index (χ1v) is 16.7. The minimum absolute atomic E-state index is 0.00703. The van der Waals surface area contributed by atoms with Crippen LogP contribution in [0, 0.1) is 11.8 Å². The molecule has 9 heteroatoms. The highest BCUT2D eigenvalue weighted by Crippen LogP contribution is 2.28. The fourth-order valence-electron chi connectivity index (χ4n) is 4.96. The van der Waals surface area contributed by atoms with E-state index in [2.05, 4.69) is 35.6 Å². The quantitative estimate of drug-likeness (QED) is 0.179. The molecule has 3 aromatic rings. The number of carbonyl (C=O) groups excluding carboxylic acids is 3. The lowest BCUT2D eigenvalue weighted by molar-refractivity contribution is -0.125. The first kappa shape index (κ1) is 35.4. The van der Waals surface area contributed by atoms with E-state index in [0.29, 0.717) is 35.4 Å². The Morgan fingerprint density at radius 2 is 1.75 bits per heavy atom. The summed E-state index contributed by atoms with van der Waals surface area (Å²) >= 11 is 7.86. The van der Waals surface area contributed by atoms with E-state index >= 15 is 0 Å². The second-order valence-corrected chi connectivity index (χ2v) is 14.1. The number of carbonyl (C=O) groups is 3. The number of esters is 1. The number of amides is 1. The molecule has 2 aromatic carbocycles. The highest BCUT2D eigenvalue weighted by Gasteiger charge is 2.24. The summed E-state index contributed by atoms with van der Waals surface area (Å²) < 4.78 is 7.74.